The summed E-state index contributed by atoms with van der Waals surface area (Å²) in [5.74, 6) is 0. The molecule has 3 nitrogen and oxygen atoms in total. The summed E-state index contributed by atoms with van der Waals surface area (Å²) in [5, 5.41) is 4.81. The van der Waals surface area contributed by atoms with Gasteiger partial charge in [0.05, 0.1) is 5.52 Å². The van der Waals surface area contributed by atoms with Crippen molar-refractivity contribution < 1.29 is 0 Å². The van der Waals surface area contributed by atoms with E-state index in [0.717, 1.165) is 24.9 Å². The third-order valence-electron chi connectivity index (χ3n) is 3.72. The molecule has 1 aromatic carbocycles. The lowest BCUT2D eigenvalue weighted by Gasteiger charge is -2.18. The van der Waals surface area contributed by atoms with Crippen molar-refractivity contribution in [3.8, 4) is 0 Å². The van der Waals surface area contributed by atoms with Crippen LogP contribution in [0.15, 0.2) is 18.2 Å². The Kier molecular flexibility index (Phi) is 4.48. The summed E-state index contributed by atoms with van der Waals surface area (Å²) in [4.78, 5) is 6.93. The molecule has 0 aliphatic heterocycles. The van der Waals surface area contributed by atoms with E-state index in [1.807, 2.05) is 0 Å². The van der Waals surface area contributed by atoms with Crippen LogP contribution in [-0.4, -0.2) is 25.6 Å². The van der Waals surface area contributed by atoms with E-state index < -0.39 is 0 Å². The molecule has 0 unspecified atom stereocenters. The maximum atomic E-state index is 4.80. The molecule has 1 aromatic heterocycles. The molecule has 2 aromatic rings. The number of hydrogen-bond acceptors (Lipinski definition) is 3. The Hall–Kier alpha value is -1.77. The molecule has 0 amide bonds. The van der Waals surface area contributed by atoms with Crippen LogP contribution in [0.5, 0.6) is 0 Å². The van der Waals surface area contributed by atoms with Crippen molar-refractivity contribution in [1.29, 1.82) is 0 Å². The van der Waals surface area contributed by atoms with Crippen LogP contribution in [0.3, 0.4) is 0 Å². The van der Waals surface area contributed by atoms with Gasteiger partial charge in [-0.25, -0.2) is 0 Å². The van der Waals surface area contributed by atoms with Crippen LogP contribution >= 0.6 is 0 Å². The molecule has 0 bridgehead atoms. The van der Waals surface area contributed by atoms with Gasteiger partial charge in [-0.3, -0.25) is 4.98 Å². The number of rotatable bonds is 5. The van der Waals surface area contributed by atoms with E-state index in [1.54, 1.807) is 0 Å². The van der Waals surface area contributed by atoms with Gasteiger partial charge in [0.1, 0.15) is 0 Å². The molecule has 0 aliphatic rings. The van der Waals surface area contributed by atoms with Crippen LogP contribution in [0.25, 0.3) is 10.9 Å². The van der Waals surface area contributed by atoms with Gasteiger partial charge in [-0.05, 0) is 43.5 Å². The van der Waals surface area contributed by atoms with Crippen molar-refractivity contribution in [3.05, 3.63) is 29.5 Å². The number of pyridine rings is 1. The van der Waals surface area contributed by atoms with Crippen LogP contribution in [0.1, 0.15) is 31.5 Å². The maximum Gasteiger partial charge on any atom is 0.0727 e. The maximum absolute atomic E-state index is 4.80. The van der Waals surface area contributed by atoms with E-state index >= 15 is 0 Å². The van der Waals surface area contributed by atoms with Crippen molar-refractivity contribution in [3.63, 3.8) is 0 Å². The highest BCUT2D eigenvalue weighted by Gasteiger charge is 2.11. The third kappa shape index (κ3) is 2.72. The van der Waals surface area contributed by atoms with E-state index in [4.69, 9.17) is 4.98 Å². The number of benzene rings is 1. The van der Waals surface area contributed by atoms with Gasteiger partial charge in [0.15, 0.2) is 0 Å². The topological polar surface area (TPSA) is 28.2 Å². The number of aryl methyl sites for hydroxylation is 1. The zero-order valence-corrected chi connectivity index (χ0v) is 13.2. The van der Waals surface area contributed by atoms with Crippen molar-refractivity contribution in [2.45, 2.75) is 33.6 Å². The fraction of sp³-hybridized carbons (Fsp3) is 0.471. The lowest BCUT2D eigenvalue weighted by Crippen LogP contribution is -2.10. The Morgan fingerprint density at radius 2 is 1.95 bits per heavy atom. The Morgan fingerprint density at radius 3 is 2.55 bits per heavy atom. The predicted octanol–water partition coefficient (Wildman–Crippen LogP) is 3.99. The van der Waals surface area contributed by atoms with E-state index in [0.29, 0.717) is 0 Å². The molecule has 0 spiro atoms. The van der Waals surface area contributed by atoms with Gasteiger partial charge in [0.25, 0.3) is 0 Å². The monoisotopic (exact) mass is 271 g/mol. The van der Waals surface area contributed by atoms with Crippen LogP contribution < -0.4 is 10.2 Å². The summed E-state index contributed by atoms with van der Waals surface area (Å²) in [6.45, 7) is 7.53. The summed E-state index contributed by atoms with van der Waals surface area (Å²) in [6, 6.07) is 6.49. The predicted molar refractivity (Wildman–Crippen MR) is 89.0 cm³/mol. The van der Waals surface area contributed by atoms with Gasteiger partial charge >= 0.3 is 0 Å². The molecule has 0 radical (unpaired) electrons. The molecular formula is C17H25N3. The number of nitrogens with one attached hydrogen (secondary N) is 1. The molecular weight excluding hydrogens is 246 g/mol. The van der Waals surface area contributed by atoms with Gasteiger partial charge in [0.2, 0.25) is 0 Å². The average molecular weight is 271 g/mol. The molecule has 0 aliphatic carbocycles. The molecule has 1 N–H and O–H groups in total. The molecule has 0 fully saturated rings. The second-order valence-corrected chi connectivity index (χ2v) is 5.43. The van der Waals surface area contributed by atoms with Crippen LogP contribution in [-0.2, 0) is 6.42 Å². The van der Waals surface area contributed by atoms with E-state index in [2.05, 4.69) is 63.3 Å². The lowest BCUT2D eigenvalue weighted by molar-refractivity contribution is 0.970. The molecule has 1 heterocycles. The van der Waals surface area contributed by atoms with Crippen LogP contribution in [0, 0.1) is 6.92 Å². The zero-order valence-electron chi connectivity index (χ0n) is 13.2. The minimum absolute atomic E-state index is 0.970. The fourth-order valence-corrected chi connectivity index (χ4v) is 2.50. The molecule has 2 rings (SSSR count). The Morgan fingerprint density at radius 1 is 1.20 bits per heavy atom. The largest absolute Gasteiger partial charge is 0.384 e. The van der Waals surface area contributed by atoms with E-state index in [1.165, 1.54) is 28.0 Å². The normalized spacial score (nSPS) is 10.8. The van der Waals surface area contributed by atoms with Crippen molar-refractivity contribution in [2.24, 2.45) is 0 Å². The first-order valence-electron chi connectivity index (χ1n) is 7.42. The van der Waals surface area contributed by atoms with Crippen molar-refractivity contribution >= 4 is 22.3 Å². The number of aromatic nitrogens is 1. The Balaban J connectivity index is 2.66. The second-order valence-electron chi connectivity index (χ2n) is 5.43. The molecule has 108 valence electrons. The minimum Gasteiger partial charge on any atom is -0.384 e. The van der Waals surface area contributed by atoms with Gasteiger partial charge < -0.3 is 10.2 Å². The van der Waals surface area contributed by atoms with Gasteiger partial charge in [-0.2, -0.15) is 0 Å². The number of hydrogen-bond donors (Lipinski definition) is 1. The van der Waals surface area contributed by atoms with Gasteiger partial charge in [0, 0.05) is 43.1 Å². The Bertz CT molecular complexity index is 603. The first-order chi connectivity index (χ1) is 9.58. The minimum atomic E-state index is 0.970. The first-order valence-corrected chi connectivity index (χ1v) is 7.42. The summed E-state index contributed by atoms with van der Waals surface area (Å²) in [6.07, 6.45) is 2.09. The van der Waals surface area contributed by atoms with Gasteiger partial charge in [-0.1, -0.05) is 13.8 Å². The first kappa shape index (κ1) is 14.6. The molecule has 0 saturated heterocycles. The standard InChI is InChI=1S/C17H25N3/c1-6-10-18-17-12(3)15(7-2)19-16-9-8-13(20(4)5)11-14(16)17/h8-9,11H,6-7,10H2,1-5H3,(H,18,19). The number of fused-ring (bicyclic) bond motifs is 1. The lowest BCUT2D eigenvalue weighted by atomic mass is 10.0. The summed E-state index contributed by atoms with van der Waals surface area (Å²) in [7, 11) is 4.14. The van der Waals surface area contributed by atoms with Crippen molar-refractivity contribution in [2.75, 3.05) is 30.9 Å². The molecule has 20 heavy (non-hydrogen) atoms. The Labute approximate surface area is 122 Å². The number of nitrogens with zero attached hydrogens (tertiary/aromatic N) is 2. The van der Waals surface area contributed by atoms with E-state index in [-0.39, 0.29) is 0 Å². The molecule has 0 saturated carbocycles. The van der Waals surface area contributed by atoms with Crippen molar-refractivity contribution in [1.82, 2.24) is 4.98 Å². The highest BCUT2D eigenvalue weighted by molar-refractivity contribution is 5.95. The average Bonchev–Trinajstić information content (AvgIpc) is 2.45. The van der Waals surface area contributed by atoms with Crippen LogP contribution in [0.2, 0.25) is 0 Å². The summed E-state index contributed by atoms with van der Waals surface area (Å²) in [5.41, 5.74) is 6.01. The summed E-state index contributed by atoms with van der Waals surface area (Å²) >= 11 is 0. The third-order valence-corrected chi connectivity index (χ3v) is 3.72. The van der Waals surface area contributed by atoms with E-state index in [9.17, 15) is 0 Å². The highest BCUT2D eigenvalue weighted by Crippen LogP contribution is 2.31. The van der Waals surface area contributed by atoms with Crippen LogP contribution in [0.4, 0.5) is 11.4 Å². The summed E-state index contributed by atoms with van der Waals surface area (Å²) < 4.78 is 0. The second kappa shape index (κ2) is 6.12. The zero-order chi connectivity index (χ0) is 14.7. The molecule has 0 atom stereocenters. The number of anilines is 2. The van der Waals surface area contributed by atoms with Gasteiger partial charge in [-0.15, -0.1) is 0 Å². The quantitative estimate of drug-likeness (QED) is 0.891. The highest BCUT2D eigenvalue weighted by atomic mass is 15.1. The molecule has 3 heteroatoms. The smallest absolute Gasteiger partial charge is 0.0727 e. The fourth-order valence-electron chi connectivity index (χ4n) is 2.50. The SMILES string of the molecule is CCCNc1c(C)c(CC)nc2ccc(N(C)C)cc12.